The average Bonchev–Trinajstić information content (AvgIpc) is 3.17. The first kappa shape index (κ1) is 22.9. The van der Waals surface area contributed by atoms with E-state index in [9.17, 15) is 27.6 Å². The second kappa shape index (κ2) is 9.60. The summed E-state index contributed by atoms with van der Waals surface area (Å²) in [6, 6.07) is 12.9. The van der Waals surface area contributed by atoms with Gasteiger partial charge in [-0.05, 0) is 31.2 Å². The number of amides is 3. The lowest BCUT2D eigenvalue weighted by Crippen LogP contribution is -2.46. The molecule has 0 atom stereocenters. The van der Waals surface area contributed by atoms with Crippen molar-refractivity contribution in [3.63, 3.8) is 0 Å². The Labute approximate surface area is 184 Å². The number of hydrogen-bond acceptors (Lipinski definition) is 5. The van der Waals surface area contributed by atoms with Crippen LogP contribution in [0.3, 0.4) is 0 Å². The minimum Gasteiger partial charge on any atom is -0.343 e. The average molecular weight is 462 g/mol. The van der Waals surface area contributed by atoms with E-state index < -0.39 is 36.0 Å². The molecule has 0 saturated heterocycles. The first-order valence-corrected chi connectivity index (χ1v) is 10.0. The topological polar surface area (TPSA) is 100 Å². The Morgan fingerprint density at radius 2 is 1.59 bits per heavy atom. The smallest absolute Gasteiger partial charge is 0.343 e. The highest BCUT2D eigenvalue weighted by Crippen LogP contribution is 2.29. The van der Waals surface area contributed by atoms with Crippen LogP contribution >= 0.6 is 11.3 Å². The number of carbonyl (C=O) groups is 3. The van der Waals surface area contributed by atoms with Gasteiger partial charge in [-0.15, -0.1) is 11.3 Å². The van der Waals surface area contributed by atoms with Gasteiger partial charge in [0.1, 0.15) is 9.88 Å². The van der Waals surface area contributed by atoms with E-state index in [4.69, 9.17) is 0 Å². The van der Waals surface area contributed by atoms with E-state index >= 15 is 0 Å². The number of thiazole rings is 1. The fraction of sp³-hybridized carbons (Fsp3) is 0.143. The van der Waals surface area contributed by atoms with E-state index in [1.54, 1.807) is 6.92 Å². The van der Waals surface area contributed by atoms with Crippen molar-refractivity contribution in [1.82, 2.24) is 21.2 Å². The fourth-order valence-electron chi connectivity index (χ4n) is 2.61. The van der Waals surface area contributed by atoms with Gasteiger partial charge in [0.15, 0.2) is 0 Å². The number of benzene rings is 2. The second-order valence-corrected chi connectivity index (χ2v) is 7.56. The summed E-state index contributed by atoms with van der Waals surface area (Å²) in [5.41, 5.74) is 4.85. The van der Waals surface area contributed by atoms with Gasteiger partial charge >= 0.3 is 6.18 Å². The SMILES string of the molecule is Cc1nc(-c2ccccc2)sc1C(=O)NNC(=O)CNC(=O)c1ccc(C(F)(F)F)cc1. The van der Waals surface area contributed by atoms with Crippen LogP contribution < -0.4 is 16.2 Å². The second-order valence-electron chi connectivity index (χ2n) is 6.56. The zero-order chi connectivity index (χ0) is 23.3. The van der Waals surface area contributed by atoms with E-state index in [0.717, 1.165) is 29.8 Å². The van der Waals surface area contributed by atoms with Crippen LogP contribution in [0.5, 0.6) is 0 Å². The van der Waals surface area contributed by atoms with Crippen molar-refractivity contribution >= 4 is 29.1 Å². The molecule has 3 aromatic rings. The molecule has 3 rings (SSSR count). The van der Waals surface area contributed by atoms with Crippen LogP contribution in [-0.4, -0.2) is 29.3 Å². The molecule has 0 bridgehead atoms. The molecule has 1 aromatic heterocycles. The van der Waals surface area contributed by atoms with Crippen molar-refractivity contribution in [3.8, 4) is 10.6 Å². The van der Waals surface area contributed by atoms with E-state index in [-0.39, 0.29) is 5.56 Å². The summed E-state index contributed by atoms with van der Waals surface area (Å²) in [7, 11) is 0. The lowest BCUT2D eigenvalue weighted by atomic mass is 10.1. The maximum absolute atomic E-state index is 12.6. The maximum Gasteiger partial charge on any atom is 0.416 e. The van der Waals surface area contributed by atoms with Gasteiger partial charge in [0, 0.05) is 11.1 Å². The highest BCUT2D eigenvalue weighted by molar-refractivity contribution is 7.17. The molecule has 32 heavy (non-hydrogen) atoms. The van der Waals surface area contributed by atoms with Crippen LogP contribution in [0.2, 0.25) is 0 Å². The number of halogens is 3. The van der Waals surface area contributed by atoms with Crippen LogP contribution in [0, 0.1) is 6.92 Å². The fourth-order valence-corrected chi connectivity index (χ4v) is 3.58. The van der Waals surface area contributed by atoms with Crippen LogP contribution in [0.15, 0.2) is 54.6 Å². The van der Waals surface area contributed by atoms with Gasteiger partial charge in [0.05, 0.1) is 17.8 Å². The van der Waals surface area contributed by atoms with Gasteiger partial charge in [-0.25, -0.2) is 4.98 Å². The molecule has 3 amide bonds. The molecule has 0 spiro atoms. The molecular formula is C21H17F3N4O3S. The lowest BCUT2D eigenvalue weighted by molar-refractivity contribution is -0.137. The summed E-state index contributed by atoms with van der Waals surface area (Å²) >= 11 is 1.17. The number of carbonyl (C=O) groups excluding carboxylic acids is 3. The van der Waals surface area contributed by atoms with E-state index in [0.29, 0.717) is 15.6 Å². The summed E-state index contributed by atoms with van der Waals surface area (Å²) in [6.45, 7) is 1.18. The molecule has 2 aromatic carbocycles. The third kappa shape index (κ3) is 5.70. The summed E-state index contributed by atoms with van der Waals surface area (Å²) in [5, 5.41) is 2.92. The van der Waals surface area contributed by atoms with Crippen LogP contribution in [-0.2, 0) is 11.0 Å². The predicted octanol–water partition coefficient (Wildman–Crippen LogP) is 3.33. The quantitative estimate of drug-likeness (QED) is 0.507. The Morgan fingerprint density at radius 1 is 0.938 bits per heavy atom. The van der Waals surface area contributed by atoms with Crippen LogP contribution in [0.1, 0.15) is 31.3 Å². The number of nitrogens with one attached hydrogen (secondary N) is 3. The molecule has 0 radical (unpaired) electrons. The molecule has 1 heterocycles. The third-order valence-electron chi connectivity index (χ3n) is 4.22. The first-order chi connectivity index (χ1) is 15.1. The molecule has 0 aliphatic heterocycles. The van der Waals surface area contributed by atoms with Gasteiger partial charge in [0.2, 0.25) is 0 Å². The Bertz CT molecular complexity index is 1130. The Morgan fingerprint density at radius 3 is 2.22 bits per heavy atom. The molecule has 166 valence electrons. The minimum absolute atomic E-state index is 0.0384. The van der Waals surface area contributed by atoms with Crippen molar-refractivity contribution in [2.24, 2.45) is 0 Å². The monoisotopic (exact) mass is 462 g/mol. The van der Waals surface area contributed by atoms with Crippen LogP contribution in [0.4, 0.5) is 13.2 Å². The van der Waals surface area contributed by atoms with Crippen molar-refractivity contribution in [2.75, 3.05) is 6.54 Å². The Hall–Kier alpha value is -3.73. The van der Waals surface area contributed by atoms with Gasteiger partial charge in [-0.2, -0.15) is 13.2 Å². The van der Waals surface area contributed by atoms with Gasteiger partial charge in [-0.1, -0.05) is 30.3 Å². The van der Waals surface area contributed by atoms with Gasteiger partial charge < -0.3 is 5.32 Å². The summed E-state index contributed by atoms with van der Waals surface area (Å²) < 4.78 is 37.7. The number of alkyl halides is 3. The molecule has 3 N–H and O–H groups in total. The van der Waals surface area contributed by atoms with Crippen LogP contribution in [0.25, 0.3) is 10.6 Å². The number of rotatable bonds is 5. The molecule has 7 nitrogen and oxygen atoms in total. The van der Waals surface area contributed by atoms with Crippen molar-refractivity contribution < 1.29 is 27.6 Å². The Kier molecular flexibility index (Phi) is 6.89. The van der Waals surface area contributed by atoms with E-state index in [1.807, 2.05) is 30.3 Å². The van der Waals surface area contributed by atoms with Gasteiger partial charge in [0.25, 0.3) is 17.7 Å². The molecule has 0 unspecified atom stereocenters. The number of aromatic nitrogens is 1. The normalized spacial score (nSPS) is 11.0. The molecule has 0 aliphatic carbocycles. The summed E-state index contributed by atoms with van der Waals surface area (Å²) in [5.74, 6) is -2.01. The van der Waals surface area contributed by atoms with Crippen molar-refractivity contribution in [2.45, 2.75) is 13.1 Å². The lowest BCUT2D eigenvalue weighted by Gasteiger charge is -2.09. The van der Waals surface area contributed by atoms with E-state index in [2.05, 4.69) is 21.2 Å². The zero-order valence-corrected chi connectivity index (χ0v) is 17.4. The number of hydrazine groups is 1. The van der Waals surface area contributed by atoms with Gasteiger partial charge in [-0.3, -0.25) is 25.2 Å². The molecule has 0 aliphatic rings. The van der Waals surface area contributed by atoms with Crippen molar-refractivity contribution in [1.29, 1.82) is 0 Å². The Balaban J connectivity index is 1.50. The maximum atomic E-state index is 12.6. The summed E-state index contributed by atoms with van der Waals surface area (Å²) in [6.07, 6.45) is -4.51. The molecule has 0 saturated carbocycles. The summed E-state index contributed by atoms with van der Waals surface area (Å²) in [4.78, 5) is 40.9. The molecule has 0 fully saturated rings. The molecular weight excluding hydrogens is 445 g/mol. The molecule has 11 heteroatoms. The third-order valence-corrected chi connectivity index (χ3v) is 5.43. The predicted molar refractivity (Wildman–Crippen MR) is 112 cm³/mol. The standard InChI is InChI=1S/C21H17F3N4O3S/c1-12-17(32-20(26-12)14-5-3-2-4-6-14)19(31)28-27-16(29)11-25-18(30)13-7-9-15(10-8-13)21(22,23)24/h2-10H,11H2,1H3,(H,25,30)(H,27,29)(H,28,31). The highest BCUT2D eigenvalue weighted by atomic mass is 32.1. The highest BCUT2D eigenvalue weighted by Gasteiger charge is 2.30. The number of aryl methyl sites for hydroxylation is 1. The van der Waals surface area contributed by atoms with E-state index in [1.165, 1.54) is 11.3 Å². The number of nitrogens with zero attached hydrogens (tertiary/aromatic N) is 1. The minimum atomic E-state index is -4.51. The first-order valence-electron chi connectivity index (χ1n) is 9.22. The number of hydrogen-bond donors (Lipinski definition) is 3. The van der Waals surface area contributed by atoms with Crippen molar-refractivity contribution in [3.05, 3.63) is 76.3 Å². The largest absolute Gasteiger partial charge is 0.416 e. The zero-order valence-electron chi connectivity index (χ0n) is 16.6.